The first-order valence-electron chi connectivity index (χ1n) is 6.25. The highest BCUT2D eigenvalue weighted by Gasteiger charge is 2.71. The van der Waals surface area contributed by atoms with Gasteiger partial charge in [0.15, 0.2) is 5.82 Å². The van der Waals surface area contributed by atoms with Crippen LogP contribution in [-0.4, -0.2) is 21.6 Å². The fourth-order valence-corrected chi connectivity index (χ4v) is 3.14. The molecule has 0 atom stereocenters. The fraction of sp³-hybridized carbons (Fsp3) is 0.750. The average molecular weight is 235 g/mol. The zero-order valence-electron chi connectivity index (χ0n) is 10.2. The zero-order valence-corrected chi connectivity index (χ0v) is 10.2. The minimum atomic E-state index is 0.0357. The average Bonchev–Trinajstić information content (AvgIpc) is 2.69. The second-order valence-electron chi connectivity index (χ2n) is 5.36. The van der Waals surface area contributed by atoms with Gasteiger partial charge in [-0.1, -0.05) is 19.0 Å². The van der Waals surface area contributed by atoms with Gasteiger partial charge in [0.2, 0.25) is 11.8 Å². The molecule has 2 bridgehead atoms. The van der Waals surface area contributed by atoms with Crippen molar-refractivity contribution >= 4 is 5.91 Å². The molecule has 0 aliphatic heterocycles. The highest BCUT2D eigenvalue weighted by Crippen LogP contribution is 2.67. The van der Waals surface area contributed by atoms with Crippen LogP contribution in [0.3, 0.4) is 0 Å². The van der Waals surface area contributed by atoms with Gasteiger partial charge < -0.3 is 9.84 Å². The molecule has 0 saturated heterocycles. The van der Waals surface area contributed by atoms with Crippen LogP contribution >= 0.6 is 0 Å². The van der Waals surface area contributed by atoms with Gasteiger partial charge in [-0.05, 0) is 19.3 Å². The highest BCUT2D eigenvalue weighted by atomic mass is 16.5. The lowest BCUT2D eigenvalue weighted by Gasteiger charge is -2.68. The molecule has 1 aromatic heterocycles. The SMILES string of the molecule is CCC(=O)NC12CC(c3nc(CC)no3)(C1)C2. The predicted octanol–water partition coefficient (Wildman–Crippen LogP) is 1.33. The van der Waals surface area contributed by atoms with Crippen molar-refractivity contribution in [2.75, 3.05) is 0 Å². The number of carbonyl (C=O) groups excluding carboxylic acids is 1. The molecule has 92 valence electrons. The van der Waals surface area contributed by atoms with Crippen LogP contribution in [-0.2, 0) is 16.6 Å². The van der Waals surface area contributed by atoms with Gasteiger partial charge in [-0.15, -0.1) is 0 Å². The summed E-state index contributed by atoms with van der Waals surface area (Å²) in [6, 6.07) is 0. The summed E-state index contributed by atoms with van der Waals surface area (Å²) in [5, 5.41) is 7.03. The topological polar surface area (TPSA) is 68.0 Å². The monoisotopic (exact) mass is 235 g/mol. The third kappa shape index (κ3) is 1.41. The van der Waals surface area contributed by atoms with Crippen molar-refractivity contribution in [3.63, 3.8) is 0 Å². The third-order valence-electron chi connectivity index (χ3n) is 3.99. The number of aromatic nitrogens is 2. The Kier molecular flexibility index (Phi) is 2.09. The molecular weight excluding hydrogens is 218 g/mol. The van der Waals surface area contributed by atoms with E-state index >= 15 is 0 Å². The van der Waals surface area contributed by atoms with Crippen LogP contribution in [0.15, 0.2) is 4.52 Å². The first-order chi connectivity index (χ1) is 8.11. The lowest BCUT2D eigenvalue weighted by molar-refractivity contribution is -0.141. The molecule has 3 saturated carbocycles. The van der Waals surface area contributed by atoms with Crippen molar-refractivity contribution in [3.8, 4) is 0 Å². The number of hydrogen-bond donors (Lipinski definition) is 1. The van der Waals surface area contributed by atoms with Crippen LogP contribution < -0.4 is 5.32 Å². The molecule has 17 heavy (non-hydrogen) atoms. The number of nitrogens with zero attached hydrogens (tertiary/aromatic N) is 2. The van der Waals surface area contributed by atoms with E-state index in [1.165, 1.54) is 0 Å². The lowest BCUT2D eigenvalue weighted by Crippen LogP contribution is -2.76. The van der Waals surface area contributed by atoms with Crippen molar-refractivity contribution in [3.05, 3.63) is 11.7 Å². The summed E-state index contributed by atoms with van der Waals surface area (Å²) >= 11 is 0. The molecule has 5 heteroatoms. The van der Waals surface area contributed by atoms with Gasteiger partial charge in [-0.3, -0.25) is 4.79 Å². The fourth-order valence-electron chi connectivity index (χ4n) is 3.14. The van der Waals surface area contributed by atoms with Crippen molar-refractivity contribution in [2.45, 2.75) is 56.9 Å². The molecule has 0 unspecified atom stereocenters. The number of aryl methyl sites for hydroxylation is 1. The Morgan fingerprint density at radius 3 is 2.65 bits per heavy atom. The summed E-state index contributed by atoms with van der Waals surface area (Å²) in [6.07, 6.45) is 4.22. The maximum absolute atomic E-state index is 11.4. The van der Waals surface area contributed by atoms with Gasteiger partial charge in [0.25, 0.3) is 0 Å². The van der Waals surface area contributed by atoms with Crippen molar-refractivity contribution in [2.24, 2.45) is 0 Å². The van der Waals surface area contributed by atoms with Gasteiger partial charge in [0.05, 0.1) is 5.41 Å². The molecule has 1 heterocycles. The molecule has 1 amide bonds. The van der Waals surface area contributed by atoms with E-state index in [0.717, 1.165) is 37.4 Å². The standard InChI is InChI=1S/C12H17N3O2/c1-3-8-13-10(17-15-8)11-5-12(6-11,7-11)14-9(16)4-2/h3-7H2,1-2H3,(H,14,16). The summed E-state index contributed by atoms with van der Waals surface area (Å²) in [5.74, 6) is 1.68. The maximum Gasteiger partial charge on any atom is 0.233 e. The van der Waals surface area contributed by atoms with E-state index in [9.17, 15) is 4.79 Å². The van der Waals surface area contributed by atoms with Crippen LogP contribution in [0.1, 0.15) is 51.2 Å². The van der Waals surface area contributed by atoms with Crippen molar-refractivity contribution < 1.29 is 9.32 Å². The molecule has 3 fully saturated rings. The van der Waals surface area contributed by atoms with E-state index in [1.54, 1.807) is 0 Å². The minimum absolute atomic E-state index is 0.0357. The van der Waals surface area contributed by atoms with Gasteiger partial charge in [-0.2, -0.15) is 4.98 Å². The Bertz CT molecular complexity index is 446. The van der Waals surface area contributed by atoms with Crippen LogP contribution in [0.5, 0.6) is 0 Å². The van der Waals surface area contributed by atoms with Gasteiger partial charge >= 0.3 is 0 Å². The molecule has 3 aliphatic carbocycles. The van der Waals surface area contributed by atoms with Gasteiger partial charge in [0, 0.05) is 18.4 Å². The first kappa shape index (κ1) is 10.7. The second-order valence-corrected chi connectivity index (χ2v) is 5.36. The number of carbonyl (C=O) groups is 1. The van der Waals surface area contributed by atoms with Crippen molar-refractivity contribution in [1.82, 2.24) is 15.5 Å². The minimum Gasteiger partial charge on any atom is -0.351 e. The second kappa shape index (κ2) is 3.31. The highest BCUT2D eigenvalue weighted by molar-refractivity contribution is 5.77. The normalized spacial score (nSPS) is 33.8. The molecule has 4 rings (SSSR count). The summed E-state index contributed by atoms with van der Waals surface area (Å²) in [7, 11) is 0. The molecule has 3 aliphatic rings. The Morgan fingerprint density at radius 2 is 2.12 bits per heavy atom. The Balaban J connectivity index is 1.66. The summed E-state index contributed by atoms with van der Waals surface area (Å²) < 4.78 is 5.30. The molecular formula is C12H17N3O2. The number of rotatable bonds is 4. The van der Waals surface area contributed by atoms with E-state index in [1.807, 2.05) is 13.8 Å². The first-order valence-corrected chi connectivity index (χ1v) is 6.25. The van der Waals surface area contributed by atoms with E-state index in [0.29, 0.717) is 6.42 Å². The quantitative estimate of drug-likeness (QED) is 0.855. The van der Waals surface area contributed by atoms with Crippen molar-refractivity contribution in [1.29, 1.82) is 0 Å². The maximum atomic E-state index is 11.4. The van der Waals surface area contributed by atoms with Crippen LogP contribution in [0.2, 0.25) is 0 Å². The molecule has 0 spiro atoms. The van der Waals surface area contributed by atoms with Crippen LogP contribution in [0, 0.1) is 0 Å². The van der Waals surface area contributed by atoms with E-state index in [4.69, 9.17) is 4.52 Å². The lowest BCUT2D eigenvalue weighted by atomic mass is 9.39. The van der Waals surface area contributed by atoms with Gasteiger partial charge in [-0.25, -0.2) is 0 Å². The van der Waals surface area contributed by atoms with Gasteiger partial charge in [0.1, 0.15) is 0 Å². The predicted molar refractivity (Wildman–Crippen MR) is 60.4 cm³/mol. The molecule has 0 aromatic carbocycles. The largest absolute Gasteiger partial charge is 0.351 e. The number of amides is 1. The summed E-state index contributed by atoms with van der Waals surface area (Å²) in [5.41, 5.74) is 0.107. The van der Waals surface area contributed by atoms with E-state index in [-0.39, 0.29) is 16.9 Å². The molecule has 1 N–H and O–H groups in total. The molecule has 5 nitrogen and oxygen atoms in total. The van der Waals surface area contributed by atoms with E-state index < -0.39 is 0 Å². The molecule has 0 radical (unpaired) electrons. The van der Waals surface area contributed by atoms with Crippen LogP contribution in [0.25, 0.3) is 0 Å². The molecule has 1 aromatic rings. The smallest absolute Gasteiger partial charge is 0.233 e. The summed E-state index contributed by atoms with van der Waals surface area (Å²) in [4.78, 5) is 15.8. The number of nitrogens with one attached hydrogen (secondary N) is 1. The third-order valence-corrected chi connectivity index (χ3v) is 3.99. The zero-order chi connectivity index (χ0) is 12.1. The van der Waals surface area contributed by atoms with Crippen LogP contribution in [0.4, 0.5) is 0 Å². The van der Waals surface area contributed by atoms with E-state index in [2.05, 4.69) is 15.5 Å². The Hall–Kier alpha value is -1.39. The number of hydrogen-bond acceptors (Lipinski definition) is 4. The summed E-state index contributed by atoms with van der Waals surface area (Å²) in [6.45, 7) is 3.89. The Morgan fingerprint density at radius 1 is 1.41 bits per heavy atom. The Labute approximate surface area is 100.0 Å².